The topological polar surface area (TPSA) is 319 Å². The van der Waals surface area contributed by atoms with Crippen molar-refractivity contribution in [3.63, 3.8) is 0 Å². The highest BCUT2D eigenvalue weighted by molar-refractivity contribution is 8.08. The lowest BCUT2D eigenvalue weighted by Crippen LogP contribution is -2.61. The van der Waals surface area contributed by atoms with Crippen molar-refractivity contribution < 1.29 is 85.5 Å². The molecule has 2 aromatic rings. The highest BCUT2D eigenvalue weighted by atomic mass is 32.5. The summed E-state index contributed by atoms with van der Waals surface area (Å²) in [6.07, 6.45) is -11.6. The number of ether oxygens (including phenoxy) is 6. The fourth-order valence-electron chi connectivity index (χ4n) is 5.38. The first kappa shape index (κ1) is 41.5. The van der Waals surface area contributed by atoms with Crippen molar-refractivity contribution in [2.75, 3.05) is 18.9 Å². The number of nitrogens with zero attached hydrogens (tertiary/aromatic N) is 4. The van der Waals surface area contributed by atoms with Gasteiger partial charge in [-0.3, -0.25) is 28.3 Å². The van der Waals surface area contributed by atoms with E-state index in [9.17, 15) is 43.7 Å². The zero-order valence-corrected chi connectivity index (χ0v) is 30.6. The number of nitrogen functional groups attached to an aromatic ring is 1. The van der Waals surface area contributed by atoms with E-state index in [0.717, 1.165) is 34.0 Å². The molecule has 0 aliphatic carbocycles. The monoisotopic (exact) mass is 801 g/mol. The van der Waals surface area contributed by atoms with Crippen LogP contribution in [0.5, 0.6) is 0 Å². The summed E-state index contributed by atoms with van der Waals surface area (Å²) in [5, 5.41) is 21.3. The number of phosphoric ester groups is 1. The third kappa shape index (κ3) is 10.2. The predicted octanol–water partition coefficient (Wildman–Crippen LogP) is -0.886. The second-order valence-electron chi connectivity index (χ2n) is 11.5. The predicted molar refractivity (Wildman–Crippen MR) is 171 cm³/mol. The normalized spacial score (nSPS) is 30.4. The maximum Gasteiger partial charge on any atom is 0.481 e. The molecule has 0 bridgehead atoms. The summed E-state index contributed by atoms with van der Waals surface area (Å²) in [4.78, 5) is 80.9. The van der Waals surface area contributed by atoms with Crippen LogP contribution in [0.25, 0.3) is 11.2 Å². The summed E-state index contributed by atoms with van der Waals surface area (Å²) in [6.45, 7) is -0.668. The molecule has 0 radical (unpaired) electrons. The summed E-state index contributed by atoms with van der Waals surface area (Å²) < 4.78 is 61.9. The molecule has 2 aliphatic heterocycles. The Morgan fingerprint density at radius 1 is 0.981 bits per heavy atom. The number of anilines is 1. The number of aliphatic hydroxyl groups excluding tert-OH is 2. The van der Waals surface area contributed by atoms with E-state index in [-0.39, 0.29) is 17.0 Å². The quantitative estimate of drug-likeness (QED) is 0.0879. The SMILES string of the molecule is CC(=O)OC[C@@H](OC(C)=O)C1O[C@@H](OP(=O)(O)OP(O)(=S)OC[C@H]2O[C@@H](n3cnc4c(N)ncnc43)[C@@H](O)C2O)C(OC(C)=O)[C@@H](C)[C@@H]1OC(C)=O. The number of nitrogens with two attached hydrogens (primary N) is 1. The lowest BCUT2D eigenvalue weighted by Gasteiger charge is -2.45. The molecule has 4 heterocycles. The van der Waals surface area contributed by atoms with Gasteiger partial charge in [-0.1, -0.05) is 6.92 Å². The summed E-state index contributed by atoms with van der Waals surface area (Å²) >= 11 is 4.88. The van der Waals surface area contributed by atoms with Gasteiger partial charge in [0.2, 0.25) is 6.29 Å². The maximum atomic E-state index is 13.3. The standard InChI is InChI=1S/C26H37N5O18P2S/c1-10-20(44-13(4)34)22(16(43-12(3)33)6-41-11(2)32)47-26(21(10)45-14(5)35)48-50(38,39)49-51(40,52)42-7-15-18(36)19(37)25(46-15)31-9-30-17-23(27)28-8-29-24(17)31/h8-10,15-16,18-22,25-26,36-37H,6-7H2,1-5H3,(H,38,39)(H,40,52)(H2,27,28,29)/t10-,15+,16+,18?,19-,20-,21?,22?,25+,26-,51?/m0/s1. The van der Waals surface area contributed by atoms with Gasteiger partial charge in [0, 0.05) is 33.6 Å². The minimum absolute atomic E-state index is 0.0450. The summed E-state index contributed by atoms with van der Waals surface area (Å²) in [5.74, 6) is -4.50. The fraction of sp³-hybridized carbons (Fsp3) is 0.654. The number of imidazole rings is 1. The van der Waals surface area contributed by atoms with Crippen molar-refractivity contribution in [1.82, 2.24) is 19.5 Å². The van der Waals surface area contributed by atoms with Crippen LogP contribution in [0, 0.1) is 5.92 Å². The molecule has 2 aromatic heterocycles. The van der Waals surface area contributed by atoms with Crippen LogP contribution in [0.15, 0.2) is 12.7 Å². The van der Waals surface area contributed by atoms with E-state index in [1.807, 2.05) is 0 Å². The van der Waals surface area contributed by atoms with Gasteiger partial charge in [0.15, 0.2) is 29.9 Å². The van der Waals surface area contributed by atoms with Gasteiger partial charge in [-0.25, -0.2) is 23.8 Å². The molecule has 0 amide bonds. The number of hydrogen-bond acceptors (Lipinski definition) is 21. The molecular weight excluding hydrogens is 764 g/mol. The summed E-state index contributed by atoms with van der Waals surface area (Å²) in [5.41, 5.74) is 6.15. The lowest BCUT2D eigenvalue weighted by atomic mass is 9.88. The Balaban J connectivity index is 1.50. The number of esters is 4. The first-order valence-corrected chi connectivity index (χ1v) is 19.2. The van der Waals surface area contributed by atoms with Crippen LogP contribution in [-0.2, 0) is 77.3 Å². The van der Waals surface area contributed by atoms with Crippen molar-refractivity contribution in [3.05, 3.63) is 12.7 Å². The number of aromatic nitrogens is 4. The largest absolute Gasteiger partial charge is 0.481 e. The number of aliphatic hydroxyl groups is 2. The molecule has 0 saturated carbocycles. The Morgan fingerprint density at radius 3 is 2.25 bits per heavy atom. The number of rotatable bonds is 14. The smallest absolute Gasteiger partial charge is 0.462 e. The Hall–Kier alpha value is -3.25. The average molecular weight is 802 g/mol. The van der Waals surface area contributed by atoms with Crippen LogP contribution in [-0.4, -0.2) is 126 Å². The molecule has 290 valence electrons. The van der Waals surface area contributed by atoms with Gasteiger partial charge in [-0.15, -0.1) is 0 Å². The summed E-state index contributed by atoms with van der Waals surface area (Å²) in [7, 11) is -5.56. The van der Waals surface area contributed by atoms with Crippen molar-refractivity contribution in [1.29, 1.82) is 0 Å². The van der Waals surface area contributed by atoms with E-state index < -0.39 is 113 Å². The third-order valence-electron chi connectivity index (χ3n) is 7.50. The number of carbonyl (C=O) groups is 4. The Morgan fingerprint density at radius 2 is 1.63 bits per heavy atom. The fourth-order valence-corrected chi connectivity index (χ4v) is 8.48. The molecule has 2 saturated heterocycles. The molecule has 5 unspecified atom stereocenters. The highest BCUT2D eigenvalue weighted by Crippen LogP contribution is 2.62. The lowest BCUT2D eigenvalue weighted by molar-refractivity contribution is -0.286. The van der Waals surface area contributed by atoms with Crippen LogP contribution in [0.4, 0.5) is 5.82 Å². The number of carbonyl (C=O) groups excluding carboxylic acids is 4. The molecular formula is C26H37N5O18P2S. The molecule has 0 spiro atoms. The number of fused-ring (bicyclic) bond motifs is 1. The Bertz CT molecular complexity index is 1750. The van der Waals surface area contributed by atoms with Crippen molar-refractivity contribution in [2.24, 2.45) is 5.92 Å². The minimum Gasteiger partial charge on any atom is -0.462 e. The van der Waals surface area contributed by atoms with E-state index in [1.54, 1.807) is 0 Å². The second-order valence-corrected chi connectivity index (χ2v) is 15.9. The van der Waals surface area contributed by atoms with Gasteiger partial charge < -0.3 is 58.7 Å². The highest BCUT2D eigenvalue weighted by Gasteiger charge is 2.54. The Kier molecular flexibility index (Phi) is 13.4. The van der Waals surface area contributed by atoms with Gasteiger partial charge in [-0.05, 0) is 11.8 Å². The molecule has 0 aromatic carbocycles. The molecule has 26 heteroatoms. The van der Waals surface area contributed by atoms with E-state index in [0.29, 0.717) is 0 Å². The molecule has 23 nitrogen and oxygen atoms in total. The van der Waals surface area contributed by atoms with Gasteiger partial charge >= 0.3 is 38.4 Å². The second kappa shape index (κ2) is 16.8. The van der Waals surface area contributed by atoms with Crippen LogP contribution in [0.3, 0.4) is 0 Å². The van der Waals surface area contributed by atoms with E-state index in [4.69, 9.17) is 59.3 Å². The average Bonchev–Trinajstić information content (AvgIpc) is 3.57. The van der Waals surface area contributed by atoms with E-state index in [1.165, 1.54) is 17.8 Å². The number of hydrogen-bond donors (Lipinski definition) is 5. The first-order chi connectivity index (χ1) is 24.2. The van der Waals surface area contributed by atoms with Gasteiger partial charge in [-0.2, -0.15) is 0 Å². The molecule has 52 heavy (non-hydrogen) atoms. The van der Waals surface area contributed by atoms with Crippen LogP contribution in [0.2, 0.25) is 0 Å². The van der Waals surface area contributed by atoms with Crippen molar-refractivity contribution in [3.8, 4) is 0 Å². The van der Waals surface area contributed by atoms with Gasteiger partial charge in [0.25, 0.3) is 0 Å². The van der Waals surface area contributed by atoms with Crippen molar-refractivity contribution >= 4 is 67.2 Å². The van der Waals surface area contributed by atoms with Crippen LogP contribution >= 0.6 is 14.5 Å². The molecule has 12 atom stereocenters. The molecule has 2 fully saturated rings. The third-order valence-corrected chi connectivity index (χ3v) is 11.0. The molecule has 2 aliphatic rings. The van der Waals surface area contributed by atoms with Crippen molar-refractivity contribution in [2.45, 2.75) is 89.9 Å². The molecule has 6 N–H and O–H groups in total. The van der Waals surface area contributed by atoms with Gasteiger partial charge in [0.1, 0.15) is 49.0 Å². The zero-order chi connectivity index (χ0) is 38.7. The number of phosphoric acid groups is 1. The van der Waals surface area contributed by atoms with E-state index in [2.05, 4.69) is 15.0 Å². The van der Waals surface area contributed by atoms with Crippen LogP contribution < -0.4 is 5.73 Å². The van der Waals surface area contributed by atoms with Gasteiger partial charge in [0.05, 0.1) is 12.9 Å². The maximum absolute atomic E-state index is 13.3. The van der Waals surface area contributed by atoms with Crippen LogP contribution in [0.1, 0.15) is 40.8 Å². The van der Waals surface area contributed by atoms with E-state index >= 15 is 0 Å². The minimum atomic E-state index is -5.56. The molecule has 4 rings (SSSR count). The summed E-state index contributed by atoms with van der Waals surface area (Å²) in [6, 6.07) is 0. The first-order valence-electron chi connectivity index (χ1n) is 15.1. The zero-order valence-electron chi connectivity index (χ0n) is 28.0. The Labute approximate surface area is 299 Å².